The van der Waals surface area contributed by atoms with Crippen LogP contribution in [0.5, 0.6) is 11.5 Å². The van der Waals surface area contributed by atoms with Gasteiger partial charge in [-0.2, -0.15) is 5.26 Å². The van der Waals surface area contributed by atoms with Crippen molar-refractivity contribution >= 4 is 21.6 Å². The molecule has 0 radical (unpaired) electrons. The minimum absolute atomic E-state index is 0.107. The maximum atomic E-state index is 11.0. The third-order valence-electron chi connectivity index (χ3n) is 2.62. The van der Waals surface area contributed by atoms with E-state index in [1.807, 2.05) is 6.07 Å². The van der Waals surface area contributed by atoms with Gasteiger partial charge in [-0.25, -0.2) is 0 Å². The maximum Gasteiger partial charge on any atom is 0.311 e. The summed E-state index contributed by atoms with van der Waals surface area (Å²) in [4.78, 5) is 10.5. The van der Waals surface area contributed by atoms with Gasteiger partial charge in [0.25, 0.3) is 0 Å². The number of nitrogens with zero attached hydrogens (tertiary/aromatic N) is 2. The molecule has 0 aromatic heterocycles. The van der Waals surface area contributed by atoms with E-state index < -0.39 is 4.92 Å². The van der Waals surface area contributed by atoms with Crippen LogP contribution in [0.4, 0.5) is 5.69 Å². The summed E-state index contributed by atoms with van der Waals surface area (Å²) in [7, 11) is 0. The summed E-state index contributed by atoms with van der Waals surface area (Å²) >= 11 is 3.24. The Labute approximate surface area is 123 Å². The molecule has 0 fully saturated rings. The van der Waals surface area contributed by atoms with Crippen LogP contribution in [-0.4, -0.2) is 4.92 Å². The highest BCUT2D eigenvalue weighted by atomic mass is 79.9. The number of ether oxygens (including phenoxy) is 1. The molecule has 0 N–H and O–H groups in total. The molecule has 0 spiro atoms. The van der Waals surface area contributed by atoms with Crippen LogP contribution in [-0.2, 0) is 0 Å². The first-order valence-corrected chi connectivity index (χ1v) is 6.43. The molecule has 0 unspecified atom stereocenters. The first kappa shape index (κ1) is 14.0. The molecular formula is C14H9BrN2O3. The van der Waals surface area contributed by atoms with Crippen LogP contribution in [0, 0.1) is 28.4 Å². The number of nitriles is 1. The summed E-state index contributed by atoms with van der Waals surface area (Å²) in [5.74, 6) is 0.379. The number of hydrogen-bond donors (Lipinski definition) is 0. The summed E-state index contributed by atoms with van der Waals surface area (Å²) in [6, 6.07) is 11.7. The average Bonchev–Trinajstić information content (AvgIpc) is 2.41. The van der Waals surface area contributed by atoms with Gasteiger partial charge in [-0.05, 0) is 46.6 Å². The number of nitro groups is 1. The number of nitro benzene ring substituents is 1. The third-order valence-corrected chi connectivity index (χ3v) is 3.28. The molecule has 0 aliphatic rings. The number of aryl methyl sites for hydroxylation is 1. The van der Waals surface area contributed by atoms with E-state index in [-0.39, 0.29) is 17.2 Å². The van der Waals surface area contributed by atoms with E-state index in [1.165, 1.54) is 12.1 Å². The van der Waals surface area contributed by atoms with Crippen molar-refractivity contribution in [3.05, 3.63) is 62.1 Å². The van der Waals surface area contributed by atoms with E-state index >= 15 is 0 Å². The fourth-order valence-corrected chi connectivity index (χ4v) is 2.11. The molecule has 2 rings (SSSR count). The molecule has 0 saturated carbocycles. The SMILES string of the molecule is Cc1ccc(Oc2cccc(Br)c2C#N)c([N+](=O)[O-])c1. The minimum atomic E-state index is -0.508. The number of benzene rings is 2. The van der Waals surface area contributed by atoms with Gasteiger partial charge in [0.2, 0.25) is 5.75 Å². The lowest BCUT2D eigenvalue weighted by Crippen LogP contribution is -1.95. The summed E-state index contributed by atoms with van der Waals surface area (Å²) in [5, 5.41) is 20.1. The largest absolute Gasteiger partial charge is 0.449 e. The van der Waals surface area contributed by atoms with Crippen molar-refractivity contribution in [2.24, 2.45) is 0 Å². The van der Waals surface area contributed by atoms with Gasteiger partial charge in [-0.1, -0.05) is 12.1 Å². The molecule has 2 aromatic carbocycles. The summed E-state index contributed by atoms with van der Waals surface area (Å²) in [5.41, 5.74) is 0.926. The van der Waals surface area contributed by atoms with E-state index in [4.69, 9.17) is 10.00 Å². The molecule has 0 aliphatic carbocycles. The Kier molecular flexibility index (Phi) is 4.01. The second-order valence-electron chi connectivity index (χ2n) is 4.06. The highest BCUT2D eigenvalue weighted by molar-refractivity contribution is 9.10. The van der Waals surface area contributed by atoms with E-state index in [1.54, 1.807) is 31.2 Å². The molecule has 0 saturated heterocycles. The van der Waals surface area contributed by atoms with Crippen LogP contribution in [0.2, 0.25) is 0 Å². The van der Waals surface area contributed by atoms with Gasteiger partial charge in [0.1, 0.15) is 17.4 Å². The van der Waals surface area contributed by atoms with Crippen molar-refractivity contribution in [1.29, 1.82) is 5.26 Å². The Hall–Kier alpha value is -2.39. The van der Waals surface area contributed by atoms with Gasteiger partial charge < -0.3 is 4.74 Å². The van der Waals surface area contributed by atoms with E-state index in [2.05, 4.69) is 15.9 Å². The van der Waals surface area contributed by atoms with Gasteiger partial charge in [-0.15, -0.1) is 0 Å². The maximum absolute atomic E-state index is 11.0. The van der Waals surface area contributed by atoms with Crippen LogP contribution in [0.25, 0.3) is 0 Å². The predicted molar refractivity (Wildman–Crippen MR) is 76.8 cm³/mol. The van der Waals surface area contributed by atoms with Crippen LogP contribution >= 0.6 is 15.9 Å². The second-order valence-corrected chi connectivity index (χ2v) is 4.91. The van der Waals surface area contributed by atoms with Gasteiger partial charge in [0, 0.05) is 10.5 Å². The molecule has 0 aliphatic heterocycles. The van der Waals surface area contributed by atoms with Crippen LogP contribution in [0.15, 0.2) is 40.9 Å². The number of rotatable bonds is 3. The van der Waals surface area contributed by atoms with Gasteiger partial charge in [0.15, 0.2) is 0 Å². The van der Waals surface area contributed by atoms with Gasteiger partial charge in [-0.3, -0.25) is 10.1 Å². The summed E-state index contributed by atoms with van der Waals surface area (Å²) in [6.45, 7) is 1.76. The molecule has 0 atom stereocenters. The summed E-state index contributed by atoms with van der Waals surface area (Å²) in [6.07, 6.45) is 0. The van der Waals surface area contributed by atoms with E-state index in [0.29, 0.717) is 10.0 Å². The summed E-state index contributed by atoms with van der Waals surface area (Å²) < 4.78 is 6.11. The monoisotopic (exact) mass is 332 g/mol. The van der Waals surface area contributed by atoms with E-state index in [9.17, 15) is 10.1 Å². The lowest BCUT2D eigenvalue weighted by Gasteiger charge is -2.09. The molecular weight excluding hydrogens is 324 g/mol. The fraction of sp³-hybridized carbons (Fsp3) is 0.0714. The number of halogens is 1. The van der Waals surface area contributed by atoms with Crippen molar-refractivity contribution in [2.45, 2.75) is 6.92 Å². The topological polar surface area (TPSA) is 76.2 Å². The van der Waals surface area contributed by atoms with Gasteiger partial charge in [0.05, 0.1) is 4.92 Å². The second kappa shape index (κ2) is 5.72. The lowest BCUT2D eigenvalue weighted by atomic mass is 10.2. The predicted octanol–water partition coefficient (Wildman–Crippen LogP) is 4.33. The Morgan fingerprint density at radius 3 is 2.70 bits per heavy atom. The molecule has 0 bridgehead atoms. The molecule has 5 nitrogen and oxygen atoms in total. The Morgan fingerprint density at radius 1 is 1.30 bits per heavy atom. The van der Waals surface area contributed by atoms with Crippen LogP contribution < -0.4 is 4.74 Å². The third kappa shape index (κ3) is 2.78. The highest BCUT2D eigenvalue weighted by Gasteiger charge is 2.17. The quantitative estimate of drug-likeness (QED) is 0.619. The molecule has 0 amide bonds. The zero-order valence-corrected chi connectivity index (χ0v) is 12.0. The zero-order valence-electron chi connectivity index (χ0n) is 10.5. The van der Waals surface area contributed by atoms with Crippen molar-refractivity contribution in [2.75, 3.05) is 0 Å². The Morgan fingerprint density at radius 2 is 2.05 bits per heavy atom. The van der Waals surface area contributed by atoms with E-state index in [0.717, 1.165) is 5.56 Å². The van der Waals surface area contributed by atoms with Crippen molar-refractivity contribution in [1.82, 2.24) is 0 Å². The molecule has 20 heavy (non-hydrogen) atoms. The highest BCUT2D eigenvalue weighted by Crippen LogP contribution is 2.35. The van der Waals surface area contributed by atoms with Gasteiger partial charge >= 0.3 is 5.69 Å². The smallest absolute Gasteiger partial charge is 0.311 e. The van der Waals surface area contributed by atoms with Crippen molar-refractivity contribution in [3.63, 3.8) is 0 Å². The minimum Gasteiger partial charge on any atom is -0.449 e. The molecule has 2 aromatic rings. The lowest BCUT2D eigenvalue weighted by molar-refractivity contribution is -0.385. The number of hydrogen-bond acceptors (Lipinski definition) is 4. The Balaban J connectivity index is 2.49. The fourth-order valence-electron chi connectivity index (χ4n) is 1.67. The Bertz CT molecular complexity index is 723. The average molecular weight is 333 g/mol. The molecule has 6 heteroatoms. The van der Waals surface area contributed by atoms with Crippen molar-refractivity contribution < 1.29 is 9.66 Å². The van der Waals surface area contributed by atoms with Crippen molar-refractivity contribution in [3.8, 4) is 17.6 Å². The molecule has 0 heterocycles. The standard InChI is InChI=1S/C14H9BrN2O3/c1-9-5-6-14(12(7-9)17(18)19)20-13-4-2-3-11(15)10(13)8-16/h2-7H,1H3. The zero-order chi connectivity index (χ0) is 14.7. The first-order valence-electron chi connectivity index (χ1n) is 5.64. The normalized spacial score (nSPS) is 9.85. The van der Waals surface area contributed by atoms with Crippen LogP contribution in [0.3, 0.4) is 0 Å². The first-order chi connectivity index (χ1) is 9.52. The van der Waals surface area contributed by atoms with Crippen LogP contribution in [0.1, 0.15) is 11.1 Å². The molecule has 100 valence electrons.